The fourth-order valence-corrected chi connectivity index (χ4v) is 3.25. The molecule has 8 heteroatoms. The number of rotatable bonds is 4. The zero-order chi connectivity index (χ0) is 14.0. The molecule has 0 aliphatic rings. The van der Waals surface area contributed by atoms with Crippen LogP contribution in [0.15, 0.2) is 23.2 Å². The summed E-state index contributed by atoms with van der Waals surface area (Å²) in [5.74, 6) is 0. The molecule has 0 aromatic carbocycles. The average Bonchev–Trinajstić information content (AvgIpc) is 2.74. The van der Waals surface area contributed by atoms with Gasteiger partial charge in [-0.1, -0.05) is 0 Å². The second-order valence-electron chi connectivity index (χ2n) is 4.07. The molecule has 0 saturated heterocycles. The van der Waals surface area contributed by atoms with Gasteiger partial charge in [0.1, 0.15) is 4.90 Å². The Bertz CT molecular complexity index is 693. The lowest BCUT2D eigenvalue weighted by atomic mass is 10.3. The fourth-order valence-electron chi connectivity index (χ4n) is 1.75. The number of aromatic amines is 1. The molecule has 2 heterocycles. The van der Waals surface area contributed by atoms with Gasteiger partial charge in [0.15, 0.2) is 0 Å². The van der Waals surface area contributed by atoms with Crippen molar-refractivity contribution in [2.45, 2.75) is 25.3 Å². The molecule has 19 heavy (non-hydrogen) atoms. The summed E-state index contributed by atoms with van der Waals surface area (Å²) in [5, 5.41) is 6.51. The van der Waals surface area contributed by atoms with E-state index in [0.29, 0.717) is 22.8 Å². The molecule has 0 aliphatic carbocycles. The Morgan fingerprint density at radius 2 is 2.16 bits per heavy atom. The van der Waals surface area contributed by atoms with Crippen molar-refractivity contribution in [1.82, 2.24) is 15.2 Å². The maximum Gasteiger partial charge on any atom is 0.265 e. The highest BCUT2D eigenvalue weighted by Gasteiger charge is 2.24. The van der Waals surface area contributed by atoms with Crippen LogP contribution < -0.4 is 10.5 Å². The van der Waals surface area contributed by atoms with Crippen LogP contribution in [0, 0.1) is 13.8 Å². The Hall–Kier alpha value is -1.93. The molecule has 0 spiro atoms. The number of aryl methyl sites for hydroxylation is 2. The Morgan fingerprint density at radius 3 is 2.79 bits per heavy atom. The maximum atomic E-state index is 12.4. The first kappa shape index (κ1) is 13.5. The highest BCUT2D eigenvalue weighted by molar-refractivity contribution is 7.92. The Labute approximate surface area is 111 Å². The van der Waals surface area contributed by atoms with Crippen LogP contribution >= 0.6 is 0 Å². The topological polar surface area (TPSA) is 114 Å². The number of hydrogen-bond donors (Lipinski definition) is 3. The van der Waals surface area contributed by atoms with Gasteiger partial charge in [-0.3, -0.25) is 14.8 Å². The number of nitrogens with two attached hydrogens (primary N) is 1. The number of nitrogens with one attached hydrogen (secondary N) is 2. The summed E-state index contributed by atoms with van der Waals surface area (Å²) < 4.78 is 27.2. The largest absolute Gasteiger partial charge is 0.325 e. The molecule has 102 valence electrons. The highest BCUT2D eigenvalue weighted by atomic mass is 32.2. The number of sulfonamides is 1. The molecular formula is C11H15N5O2S. The highest BCUT2D eigenvalue weighted by Crippen LogP contribution is 2.22. The Balaban J connectivity index is 2.44. The SMILES string of the molecule is Cc1ncccc1NS(=O)(=O)c1c(CN)n[nH]c1C. The first-order chi connectivity index (χ1) is 8.95. The van der Waals surface area contributed by atoms with Gasteiger partial charge in [-0.25, -0.2) is 8.42 Å². The van der Waals surface area contributed by atoms with Gasteiger partial charge >= 0.3 is 0 Å². The third-order valence-electron chi connectivity index (χ3n) is 2.67. The van der Waals surface area contributed by atoms with E-state index in [4.69, 9.17) is 5.73 Å². The molecule has 0 atom stereocenters. The number of aromatic nitrogens is 3. The van der Waals surface area contributed by atoms with Gasteiger partial charge in [-0.15, -0.1) is 0 Å². The minimum absolute atomic E-state index is 0.0482. The van der Waals surface area contributed by atoms with Gasteiger partial charge in [0, 0.05) is 12.7 Å². The standard InChI is InChI=1S/C11H15N5O2S/c1-7-9(4-3-5-13-7)16-19(17,18)11-8(2)14-15-10(11)6-12/h3-5,16H,6,12H2,1-2H3,(H,14,15). The van der Waals surface area contributed by atoms with Crippen molar-refractivity contribution in [3.05, 3.63) is 35.4 Å². The summed E-state index contributed by atoms with van der Waals surface area (Å²) in [4.78, 5) is 4.13. The smallest absolute Gasteiger partial charge is 0.265 e. The molecule has 2 rings (SSSR count). The summed E-state index contributed by atoms with van der Waals surface area (Å²) in [6.07, 6.45) is 1.60. The lowest BCUT2D eigenvalue weighted by Crippen LogP contribution is -2.17. The van der Waals surface area contributed by atoms with E-state index in [0.717, 1.165) is 0 Å². The van der Waals surface area contributed by atoms with Crippen LogP contribution in [0.1, 0.15) is 17.1 Å². The lowest BCUT2D eigenvalue weighted by Gasteiger charge is -2.10. The number of nitrogens with zero attached hydrogens (tertiary/aromatic N) is 2. The van der Waals surface area contributed by atoms with Crippen LogP contribution in [0.25, 0.3) is 0 Å². The van der Waals surface area contributed by atoms with Gasteiger partial charge in [0.25, 0.3) is 10.0 Å². The monoisotopic (exact) mass is 281 g/mol. The van der Waals surface area contributed by atoms with Gasteiger partial charge in [-0.2, -0.15) is 5.10 Å². The van der Waals surface area contributed by atoms with E-state index in [1.165, 1.54) is 0 Å². The van der Waals surface area contributed by atoms with Gasteiger partial charge in [0.2, 0.25) is 0 Å². The molecule has 0 bridgehead atoms. The number of H-pyrrole nitrogens is 1. The minimum Gasteiger partial charge on any atom is -0.325 e. The van der Waals surface area contributed by atoms with Crippen molar-refractivity contribution in [2.75, 3.05) is 4.72 Å². The fraction of sp³-hybridized carbons (Fsp3) is 0.273. The molecule has 2 aromatic heterocycles. The number of pyridine rings is 1. The third-order valence-corrected chi connectivity index (χ3v) is 4.24. The van der Waals surface area contributed by atoms with E-state index in [2.05, 4.69) is 19.9 Å². The Morgan fingerprint density at radius 1 is 1.42 bits per heavy atom. The van der Waals surface area contributed by atoms with Crippen molar-refractivity contribution >= 4 is 15.7 Å². The van der Waals surface area contributed by atoms with Crippen molar-refractivity contribution in [3.8, 4) is 0 Å². The summed E-state index contributed by atoms with van der Waals surface area (Å²) in [6.45, 7) is 3.41. The average molecular weight is 281 g/mol. The molecule has 0 fully saturated rings. The molecular weight excluding hydrogens is 266 g/mol. The third kappa shape index (κ3) is 2.59. The Kier molecular flexibility index (Phi) is 3.54. The summed E-state index contributed by atoms with van der Waals surface area (Å²) >= 11 is 0. The minimum atomic E-state index is -3.73. The molecule has 0 saturated carbocycles. The second kappa shape index (κ2) is 4.98. The second-order valence-corrected chi connectivity index (χ2v) is 5.69. The lowest BCUT2D eigenvalue weighted by molar-refractivity contribution is 0.599. The zero-order valence-electron chi connectivity index (χ0n) is 10.6. The first-order valence-electron chi connectivity index (χ1n) is 5.64. The van der Waals surface area contributed by atoms with Crippen molar-refractivity contribution < 1.29 is 8.42 Å². The molecule has 4 N–H and O–H groups in total. The summed E-state index contributed by atoms with van der Waals surface area (Å²) in [7, 11) is -3.73. The van der Waals surface area contributed by atoms with Crippen LogP contribution in [0.4, 0.5) is 5.69 Å². The van der Waals surface area contributed by atoms with E-state index in [1.54, 1.807) is 32.2 Å². The summed E-state index contributed by atoms with van der Waals surface area (Å²) in [6, 6.07) is 3.31. The van der Waals surface area contributed by atoms with Crippen molar-refractivity contribution in [1.29, 1.82) is 0 Å². The van der Waals surface area contributed by atoms with Crippen LogP contribution in [-0.4, -0.2) is 23.6 Å². The quantitative estimate of drug-likeness (QED) is 0.762. The van der Waals surface area contributed by atoms with Crippen LogP contribution in [-0.2, 0) is 16.6 Å². The van der Waals surface area contributed by atoms with Crippen molar-refractivity contribution in [2.24, 2.45) is 5.73 Å². The zero-order valence-corrected chi connectivity index (χ0v) is 11.5. The van der Waals surface area contributed by atoms with E-state index in [1.807, 2.05) is 0 Å². The van der Waals surface area contributed by atoms with Gasteiger partial charge < -0.3 is 5.73 Å². The number of hydrogen-bond acceptors (Lipinski definition) is 5. The van der Waals surface area contributed by atoms with Crippen LogP contribution in [0.2, 0.25) is 0 Å². The predicted octanol–water partition coefficient (Wildman–Crippen LogP) is 0.681. The van der Waals surface area contributed by atoms with Crippen molar-refractivity contribution in [3.63, 3.8) is 0 Å². The van der Waals surface area contributed by atoms with Gasteiger partial charge in [-0.05, 0) is 26.0 Å². The van der Waals surface area contributed by atoms with Crippen LogP contribution in [0.3, 0.4) is 0 Å². The van der Waals surface area contributed by atoms with Gasteiger partial charge in [0.05, 0.1) is 22.8 Å². The predicted molar refractivity (Wildman–Crippen MR) is 71.0 cm³/mol. The van der Waals surface area contributed by atoms with E-state index in [-0.39, 0.29) is 11.4 Å². The first-order valence-corrected chi connectivity index (χ1v) is 7.12. The molecule has 7 nitrogen and oxygen atoms in total. The molecule has 0 aliphatic heterocycles. The molecule has 0 unspecified atom stereocenters. The van der Waals surface area contributed by atoms with E-state index >= 15 is 0 Å². The summed E-state index contributed by atoms with van der Waals surface area (Å²) in [5.41, 5.74) is 7.30. The molecule has 0 radical (unpaired) electrons. The van der Waals surface area contributed by atoms with Crippen LogP contribution in [0.5, 0.6) is 0 Å². The molecule has 2 aromatic rings. The van der Waals surface area contributed by atoms with E-state index in [9.17, 15) is 8.42 Å². The normalized spacial score (nSPS) is 11.5. The number of anilines is 1. The maximum absolute atomic E-state index is 12.4. The molecule has 0 amide bonds. The van der Waals surface area contributed by atoms with E-state index < -0.39 is 10.0 Å².